The smallest absolute Gasteiger partial charge is 0.0459 e. The van der Waals surface area contributed by atoms with Crippen molar-refractivity contribution < 1.29 is 0 Å². The summed E-state index contributed by atoms with van der Waals surface area (Å²) in [7, 11) is 0. The third kappa shape index (κ3) is 1.98. The summed E-state index contributed by atoms with van der Waals surface area (Å²) in [6.45, 7) is 6.53. The molecule has 1 unspecified atom stereocenters. The van der Waals surface area contributed by atoms with Crippen molar-refractivity contribution in [3.05, 3.63) is 35.5 Å². The second-order valence-corrected chi connectivity index (χ2v) is 4.95. The standard InChI is InChI=1S/C14H20N2/c1-9(2)8-12(15)14-10(3)16-13-7-5-4-6-11(13)14/h4-7,9,12,16H,8,15H2,1-3H3. The van der Waals surface area contributed by atoms with Crippen molar-refractivity contribution in [1.82, 2.24) is 4.98 Å². The fourth-order valence-corrected chi connectivity index (χ4v) is 2.40. The molecule has 2 aromatic rings. The molecule has 3 N–H and O–H groups in total. The molecule has 86 valence electrons. The lowest BCUT2D eigenvalue weighted by Gasteiger charge is -2.14. The highest BCUT2D eigenvalue weighted by molar-refractivity contribution is 5.85. The largest absolute Gasteiger partial charge is 0.358 e. The molecule has 1 aromatic carbocycles. The topological polar surface area (TPSA) is 41.8 Å². The van der Waals surface area contributed by atoms with Crippen LogP contribution in [0.4, 0.5) is 0 Å². The molecule has 0 aliphatic carbocycles. The van der Waals surface area contributed by atoms with Gasteiger partial charge in [0, 0.05) is 22.6 Å². The van der Waals surface area contributed by atoms with Gasteiger partial charge in [0.2, 0.25) is 0 Å². The van der Waals surface area contributed by atoms with Crippen LogP contribution >= 0.6 is 0 Å². The van der Waals surface area contributed by atoms with E-state index in [1.54, 1.807) is 0 Å². The molecule has 2 nitrogen and oxygen atoms in total. The van der Waals surface area contributed by atoms with Crippen LogP contribution < -0.4 is 5.73 Å². The van der Waals surface area contributed by atoms with Crippen LogP contribution in [0.15, 0.2) is 24.3 Å². The number of benzene rings is 1. The van der Waals surface area contributed by atoms with Gasteiger partial charge in [0.05, 0.1) is 0 Å². The van der Waals surface area contributed by atoms with Gasteiger partial charge in [-0.05, 0) is 30.9 Å². The molecule has 16 heavy (non-hydrogen) atoms. The van der Waals surface area contributed by atoms with Gasteiger partial charge in [-0.1, -0.05) is 32.0 Å². The van der Waals surface area contributed by atoms with Gasteiger partial charge < -0.3 is 10.7 Å². The molecule has 2 rings (SSSR count). The first kappa shape index (κ1) is 11.2. The van der Waals surface area contributed by atoms with E-state index < -0.39 is 0 Å². The first-order valence-corrected chi connectivity index (χ1v) is 5.92. The normalized spacial score (nSPS) is 13.6. The zero-order chi connectivity index (χ0) is 11.7. The van der Waals surface area contributed by atoms with Gasteiger partial charge in [-0.2, -0.15) is 0 Å². The number of aromatic nitrogens is 1. The second-order valence-electron chi connectivity index (χ2n) is 4.95. The molecule has 1 heterocycles. The molecular formula is C14H20N2. The Balaban J connectivity index is 2.46. The second kappa shape index (κ2) is 4.30. The summed E-state index contributed by atoms with van der Waals surface area (Å²) in [5.41, 5.74) is 9.96. The van der Waals surface area contributed by atoms with Crippen LogP contribution in [0.5, 0.6) is 0 Å². The summed E-state index contributed by atoms with van der Waals surface area (Å²) in [4.78, 5) is 3.40. The predicted octanol–water partition coefficient (Wildman–Crippen LogP) is 3.52. The number of fused-ring (bicyclic) bond motifs is 1. The Hall–Kier alpha value is -1.28. The molecule has 0 fully saturated rings. The van der Waals surface area contributed by atoms with Crippen LogP contribution in [0.1, 0.15) is 37.6 Å². The Morgan fingerprint density at radius 3 is 2.62 bits per heavy atom. The molecular weight excluding hydrogens is 196 g/mol. The fourth-order valence-electron chi connectivity index (χ4n) is 2.40. The highest BCUT2D eigenvalue weighted by Gasteiger charge is 2.15. The molecule has 0 bridgehead atoms. The highest BCUT2D eigenvalue weighted by atomic mass is 14.7. The monoisotopic (exact) mass is 216 g/mol. The average Bonchev–Trinajstić information content (AvgIpc) is 2.52. The van der Waals surface area contributed by atoms with E-state index in [2.05, 4.69) is 50.0 Å². The minimum Gasteiger partial charge on any atom is -0.358 e. The third-order valence-corrected chi connectivity index (χ3v) is 3.04. The zero-order valence-electron chi connectivity index (χ0n) is 10.2. The van der Waals surface area contributed by atoms with Crippen LogP contribution in [0.3, 0.4) is 0 Å². The first-order chi connectivity index (χ1) is 7.59. The Bertz CT molecular complexity index is 482. The first-order valence-electron chi connectivity index (χ1n) is 5.92. The van der Waals surface area contributed by atoms with E-state index in [0.29, 0.717) is 5.92 Å². The van der Waals surface area contributed by atoms with Gasteiger partial charge in [0.15, 0.2) is 0 Å². The van der Waals surface area contributed by atoms with Gasteiger partial charge in [-0.15, -0.1) is 0 Å². The molecule has 0 radical (unpaired) electrons. The van der Waals surface area contributed by atoms with Crippen LogP contribution in [0.25, 0.3) is 10.9 Å². The summed E-state index contributed by atoms with van der Waals surface area (Å²) in [6, 6.07) is 8.51. The van der Waals surface area contributed by atoms with Gasteiger partial charge in [-0.25, -0.2) is 0 Å². The summed E-state index contributed by atoms with van der Waals surface area (Å²) in [5, 5.41) is 1.27. The van der Waals surface area contributed by atoms with Gasteiger partial charge in [0.25, 0.3) is 0 Å². The molecule has 0 spiro atoms. The van der Waals surface area contributed by atoms with Crippen molar-refractivity contribution in [3.8, 4) is 0 Å². The lowest BCUT2D eigenvalue weighted by Crippen LogP contribution is -2.13. The van der Waals surface area contributed by atoms with E-state index in [-0.39, 0.29) is 6.04 Å². The third-order valence-electron chi connectivity index (χ3n) is 3.04. The Morgan fingerprint density at radius 1 is 1.25 bits per heavy atom. The highest BCUT2D eigenvalue weighted by Crippen LogP contribution is 2.29. The number of nitrogens with two attached hydrogens (primary N) is 1. The van der Waals surface area contributed by atoms with E-state index in [1.807, 2.05) is 0 Å². The maximum Gasteiger partial charge on any atom is 0.0459 e. The Kier molecular flexibility index (Phi) is 3.01. The van der Waals surface area contributed by atoms with Crippen molar-refractivity contribution in [1.29, 1.82) is 0 Å². The summed E-state index contributed by atoms with van der Waals surface area (Å²) in [5.74, 6) is 0.628. The molecule has 1 atom stereocenters. The number of rotatable bonds is 3. The number of hydrogen-bond acceptors (Lipinski definition) is 1. The number of aryl methyl sites for hydroxylation is 1. The van der Waals surface area contributed by atoms with Crippen molar-refractivity contribution in [2.45, 2.75) is 33.2 Å². The van der Waals surface area contributed by atoms with Crippen LogP contribution in [0, 0.1) is 12.8 Å². The molecule has 0 saturated carbocycles. The van der Waals surface area contributed by atoms with E-state index in [0.717, 1.165) is 6.42 Å². The summed E-state index contributed by atoms with van der Waals surface area (Å²) < 4.78 is 0. The number of hydrogen-bond donors (Lipinski definition) is 2. The van der Waals surface area contributed by atoms with Crippen molar-refractivity contribution in [2.24, 2.45) is 11.7 Å². The minimum atomic E-state index is 0.135. The Labute approximate surface area is 96.9 Å². The van der Waals surface area contributed by atoms with Gasteiger partial charge in [-0.3, -0.25) is 0 Å². The lowest BCUT2D eigenvalue weighted by atomic mass is 9.96. The maximum atomic E-state index is 6.29. The van der Waals surface area contributed by atoms with E-state index in [9.17, 15) is 0 Å². The van der Waals surface area contributed by atoms with Crippen molar-refractivity contribution in [3.63, 3.8) is 0 Å². The van der Waals surface area contributed by atoms with E-state index >= 15 is 0 Å². The summed E-state index contributed by atoms with van der Waals surface area (Å²) >= 11 is 0. The maximum absolute atomic E-state index is 6.29. The van der Waals surface area contributed by atoms with Crippen LogP contribution in [0.2, 0.25) is 0 Å². The lowest BCUT2D eigenvalue weighted by molar-refractivity contribution is 0.510. The SMILES string of the molecule is Cc1[nH]c2ccccc2c1C(N)CC(C)C. The van der Waals surface area contributed by atoms with Gasteiger partial charge >= 0.3 is 0 Å². The Morgan fingerprint density at radius 2 is 1.94 bits per heavy atom. The molecule has 0 saturated heterocycles. The van der Waals surface area contributed by atoms with Crippen LogP contribution in [-0.4, -0.2) is 4.98 Å². The summed E-state index contributed by atoms with van der Waals surface area (Å²) in [6.07, 6.45) is 1.03. The molecule has 1 aromatic heterocycles. The molecule has 2 heteroatoms. The van der Waals surface area contributed by atoms with E-state index in [1.165, 1.54) is 22.2 Å². The molecule has 0 amide bonds. The zero-order valence-corrected chi connectivity index (χ0v) is 10.2. The molecule has 0 aliphatic rings. The van der Waals surface area contributed by atoms with Crippen molar-refractivity contribution in [2.75, 3.05) is 0 Å². The number of para-hydroxylation sites is 1. The average molecular weight is 216 g/mol. The van der Waals surface area contributed by atoms with Gasteiger partial charge in [0.1, 0.15) is 0 Å². The van der Waals surface area contributed by atoms with E-state index in [4.69, 9.17) is 5.73 Å². The predicted molar refractivity (Wildman–Crippen MR) is 69.4 cm³/mol. The molecule has 0 aliphatic heterocycles. The van der Waals surface area contributed by atoms with Crippen LogP contribution in [-0.2, 0) is 0 Å². The number of aromatic amines is 1. The number of H-pyrrole nitrogens is 1. The number of nitrogens with one attached hydrogen (secondary N) is 1. The van der Waals surface area contributed by atoms with Crippen molar-refractivity contribution >= 4 is 10.9 Å². The minimum absolute atomic E-state index is 0.135. The quantitative estimate of drug-likeness (QED) is 0.809. The fraction of sp³-hybridized carbons (Fsp3) is 0.429.